The summed E-state index contributed by atoms with van der Waals surface area (Å²) in [6, 6.07) is 7.25. The molecule has 25 heavy (non-hydrogen) atoms. The van der Waals surface area contributed by atoms with Crippen LogP contribution in [0.1, 0.15) is 51.1 Å². The maximum atomic E-state index is 12.7. The lowest BCUT2D eigenvalue weighted by atomic mass is 9.83. The summed E-state index contributed by atoms with van der Waals surface area (Å²) in [5.41, 5.74) is 3.38. The van der Waals surface area contributed by atoms with Gasteiger partial charge >= 0.3 is 0 Å². The van der Waals surface area contributed by atoms with Crippen LogP contribution in [0.15, 0.2) is 24.3 Å². The number of hydrogen-bond donors (Lipinski definition) is 1. The van der Waals surface area contributed by atoms with Crippen LogP contribution in [0.2, 0.25) is 0 Å². The standard InChI is InChI=1S/C19H28N2O4/c1-4-6-13-21-17(22)12-11-15(19(23)20-25-5-2)18(21)14-9-7-8-10-16(14)24-3/h7-10,15,18H,4-6,11-13H2,1-3H3,(H,20,23)/t15-,18-/m0/s1. The number of unbranched alkanes of at least 4 members (excludes halogenated alkanes) is 1. The van der Waals surface area contributed by atoms with Crippen molar-refractivity contribution < 1.29 is 19.2 Å². The highest BCUT2D eigenvalue weighted by Crippen LogP contribution is 2.40. The van der Waals surface area contributed by atoms with E-state index in [2.05, 4.69) is 12.4 Å². The average Bonchev–Trinajstić information content (AvgIpc) is 2.64. The van der Waals surface area contributed by atoms with Gasteiger partial charge in [-0.05, 0) is 25.8 Å². The molecule has 0 spiro atoms. The summed E-state index contributed by atoms with van der Waals surface area (Å²) in [6.07, 6.45) is 2.76. The Kier molecular flexibility index (Phi) is 7.25. The van der Waals surface area contributed by atoms with Gasteiger partial charge in [0.15, 0.2) is 0 Å². The first-order valence-corrected chi connectivity index (χ1v) is 8.98. The third kappa shape index (κ3) is 4.51. The first-order valence-electron chi connectivity index (χ1n) is 8.98. The average molecular weight is 348 g/mol. The number of carbonyl (C=O) groups excluding carboxylic acids is 2. The molecule has 6 nitrogen and oxygen atoms in total. The Morgan fingerprint density at radius 3 is 2.76 bits per heavy atom. The molecule has 0 bridgehead atoms. The van der Waals surface area contributed by atoms with Gasteiger partial charge in [0.2, 0.25) is 11.8 Å². The zero-order valence-corrected chi connectivity index (χ0v) is 15.3. The van der Waals surface area contributed by atoms with Crippen molar-refractivity contribution in [3.63, 3.8) is 0 Å². The highest BCUT2D eigenvalue weighted by atomic mass is 16.6. The van der Waals surface area contributed by atoms with E-state index >= 15 is 0 Å². The topological polar surface area (TPSA) is 67.9 Å². The number of benzene rings is 1. The van der Waals surface area contributed by atoms with Gasteiger partial charge < -0.3 is 9.64 Å². The van der Waals surface area contributed by atoms with Gasteiger partial charge in [-0.3, -0.25) is 14.4 Å². The Labute approximate surface area is 149 Å². The second-order valence-corrected chi connectivity index (χ2v) is 6.17. The van der Waals surface area contributed by atoms with Crippen LogP contribution in [0.3, 0.4) is 0 Å². The number of methoxy groups -OCH3 is 1. The molecule has 0 unspecified atom stereocenters. The number of likely N-dealkylation sites (tertiary alicyclic amines) is 1. The van der Waals surface area contributed by atoms with E-state index in [1.54, 1.807) is 7.11 Å². The summed E-state index contributed by atoms with van der Waals surface area (Å²) in [5.74, 6) is 0.229. The molecule has 2 rings (SSSR count). The van der Waals surface area contributed by atoms with E-state index < -0.39 is 0 Å². The van der Waals surface area contributed by atoms with Crippen LogP contribution in [0.25, 0.3) is 0 Å². The summed E-state index contributed by atoms with van der Waals surface area (Å²) in [6.45, 7) is 4.94. The van der Waals surface area contributed by atoms with Gasteiger partial charge in [0, 0.05) is 18.5 Å². The van der Waals surface area contributed by atoms with Gasteiger partial charge in [0.25, 0.3) is 0 Å². The molecule has 1 heterocycles. The predicted octanol–water partition coefficient (Wildman–Crippen LogP) is 2.84. The highest BCUT2D eigenvalue weighted by molar-refractivity contribution is 5.84. The first kappa shape index (κ1) is 19.2. The molecule has 1 saturated heterocycles. The lowest BCUT2D eigenvalue weighted by Crippen LogP contribution is -2.48. The molecule has 6 heteroatoms. The SMILES string of the molecule is CCCCN1C(=O)CC[C@H](C(=O)NOCC)[C@@H]1c1ccccc1OC. The smallest absolute Gasteiger partial charge is 0.249 e. The Morgan fingerprint density at radius 2 is 2.08 bits per heavy atom. The summed E-state index contributed by atoms with van der Waals surface area (Å²) >= 11 is 0. The zero-order chi connectivity index (χ0) is 18.2. The summed E-state index contributed by atoms with van der Waals surface area (Å²) in [5, 5.41) is 0. The molecular formula is C19H28N2O4. The molecule has 138 valence electrons. The van der Waals surface area contributed by atoms with E-state index in [1.807, 2.05) is 36.1 Å². The number of nitrogens with one attached hydrogen (secondary N) is 1. The number of hydrogen-bond acceptors (Lipinski definition) is 4. The fourth-order valence-electron chi connectivity index (χ4n) is 3.33. The molecule has 1 aromatic carbocycles. The van der Waals surface area contributed by atoms with Crippen molar-refractivity contribution in [1.29, 1.82) is 0 Å². The van der Waals surface area contributed by atoms with Gasteiger partial charge in [0.1, 0.15) is 5.75 Å². The minimum Gasteiger partial charge on any atom is -0.496 e. The number of nitrogens with zero attached hydrogens (tertiary/aromatic N) is 1. The summed E-state index contributed by atoms with van der Waals surface area (Å²) < 4.78 is 5.49. The van der Waals surface area contributed by atoms with Crippen molar-refractivity contribution in [3.05, 3.63) is 29.8 Å². The Bertz CT molecular complexity index is 591. The number of carbonyl (C=O) groups is 2. The van der Waals surface area contributed by atoms with Crippen molar-refractivity contribution >= 4 is 11.8 Å². The van der Waals surface area contributed by atoms with Crippen LogP contribution in [0.5, 0.6) is 5.75 Å². The largest absolute Gasteiger partial charge is 0.496 e. The molecule has 1 N–H and O–H groups in total. The number of ether oxygens (including phenoxy) is 1. The molecule has 2 atom stereocenters. The van der Waals surface area contributed by atoms with E-state index in [9.17, 15) is 9.59 Å². The van der Waals surface area contributed by atoms with E-state index in [1.165, 1.54) is 0 Å². The molecule has 1 aliphatic heterocycles. The maximum absolute atomic E-state index is 12.7. The third-order valence-electron chi connectivity index (χ3n) is 4.57. The van der Waals surface area contributed by atoms with Crippen molar-refractivity contribution in [1.82, 2.24) is 10.4 Å². The first-order chi connectivity index (χ1) is 12.1. The summed E-state index contributed by atoms with van der Waals surface area (Å²) in [7, 11) is 1.61. The van der Waals surface area contributed by atoms with E-state index in [0.29, 0.717) is 31.7 Å². The Balaban J connectivity index is 2.40. The van der Waals surface area contributed by atoms with Crippen LogP contribution in [0, 0.1) is 5.92 Å². The lowest BCUT2D eigenvalue weighted by Gasteiger charge is -2.41. The summed E-state index contributed by atoms with van der Waals surface area (Å²) in [4.78, 5) is 32.2. The van der Waals surface area contributed by atoms with Crippen LogP contribution >= 0.6 is 0 Å². The maximum Gasteiger partial charge on any atom is 0.249 e. The predicted molar refractivity (Wildman–Crippen MR) is 94.8 cm³/mol. The molecule has 0 aliphatic carbocycles. The van der Waals surface area contributed by atoms with Gasteiger partial charge in [-0.15, -0.1) is 0 Å². The zero-order valence-electron chi connectivity index (χ0n) is 15.3. The second kappa shape index (κ2) is 9.42. The molecule has 0 saturated carbocycles. The van der Waals surface area contributed by atoms with Crippen molar-refractivity contribution in [2.45, 2.75) is 45.6 Å². The minimum absolute atomic E-state index is 0.0878. The van der Waals surface area contributed by atoms with Gasteiger partial charge in [-0.25, -0.2) is 5.48 Å². The monoisotopic (exact) mass is 348 g/mol. The third-order valence-corrected chi connectivity index (χ3v) is 4.57. The van der Waals surface area contributed by atoms with Gasteiger partial charge in [-0.1, -0.05) is 31.5 Å². The Hall–Kier alpha value is -2.08. The van der Waals surface area contributed by atoms with E-state index in [0.717, 1.165) is 18.4 Å². The van der Waals surface area contributed by atoms with Crippen LogP contribution < -0.4 is 10.2 Å². The molecule has 1 aliphatic rings. The van der Waals surface area contributed by atoms with E-state index in [4.69, 9.17) is 9.57 Å². The van der Waals surface area contributed by atoms with Crippen LogP contribution in [-0.2, 0) is 14.4 Å². The number of hydroxylamine groups is 1. The number of rotatable bonds is 8. The number of para-hydroxylation sites is 1. The molecular weight excluding hydrogens is 320 g/mol. The molecule has 2 amide bonds. The molecule has 1 aromatic rings. The van der Waals surface area contributed by atoms with Crippen molar-refractivity contribution in [2.75, 3.05) is 20.3 Å². The number of amides is 2. The lowest BCUT2D eigenvalue weighted by molar-refractivity contribution is -0.149. The molecule has 1 fully saturated rings. The Morgan fingerprint density at radius 1 is 1.32 bits per heavy atom. The fourth-order valence-corrected chi connectivity index (χ4v) is 3.33. The molecule has 0 aromatic heterocycles. The number of piperidine rings is 1. The minimum atomic E-state index is -0.364. The second-order valence-electron chi connectivity index (χ2n) is 6.17. The highest BCUT2D eigenvalue weighted by Gasteiger charge is 2.41. The normalized spacial score (nSPS) is 20.4. The van der Waals surface area contributed by atoms with Crippen molar-refractivity contribution in [2.24, 2.45) is 5.92 Å². The fraction of sp³-hybridized carbons (Fsp3) is 0.579. The van der Waals surface area contributed by atoms with Crippen molar-refractivity contribution in [3.8, 4) is 5.75 Å². The van der Waals surface area contributed by atoms with Gasteiger partial charge in [0.05, 0.1) is 25.7 Å². The molecule has 0 radical (unpaired) electrons. The van der Waals surface area contributed by atoms with Crippen LogP contribution in [-0.4, -0.2) is 37.0 Å². The quantitative estimate of drug-likeness (QED) is 0.734. The van der Waals surface area contributed by atoms with E-state index in [-0.39, 0.29) is 23.8 Å². The van der Waals surface area contributed by atoms with Gasteiger partial charge in [-0.2, -0.15) is 0 Å². The van der Waals surface area contributed by atoms with Crippen LogP contribution in [0.4, 0.5) is 0 Å².